The van der Waals surface area contributed by atoms with E-state index in [0.29, 0.717) is 10.0 Å². The second-order valence-corrected chi connectivity index (χ2v) is 15.0. The van der Waals surface area contributed by atoms with E-state index in [4.69, 9.17) is 32.7 Å². The molecule has 8 rings (SSSR count). The van der Waals surface area contributed by atoms with Crippen molar-refractivity contribution in [2.45, 2.75) is 26.1 Å². The molecule has 0 aliphatic rings. The van der Waals surface area contributed by atoms with Crippen LogP contribution in [0.25, 0.3) is 22.3 Å². The highest BCUT2D eigenvalue weighted by atomic mass is 35.5. The maximum Gasteiger partial charge on any atom is 0.358 e. The Hall–Kier alpha value is -7.80. The van der Waals surface area contributed by atoms with Crippen molar-refractivity contribution in [3.8, 4) is 33.8 Å². The number of hydrogen-bond donors (Lipinski definition) is 4. The largest absolute Gasteiger partial charge is 0.481 e. The number of aromatic nitrogens is 4. The first kappa shape index (κ1) is 44.3. The number of rotatable bonds is 14. The van der Waals surface area contributed by atoms with Crippen molar-refractivity contribution < 1.29 is 29.3 Å². The second-order valence-electron chi connectivity index (χ2n) is 14.2. The highest BCUT2D eigenvalue weighted by molar-refractivity contribution is 6.33. The van der Waals surface area contributed by atoms with E-state index >= 15 is 0 Å². The molecule has 0 aliphatic heterocycles. The maximum atomic E-state index is 12.7. The Labute approximate surface area is 376 Å². The van der Waals surface area contributed by atoms with Gasteiger partial charge in [-0.1, -0.05) is 169 Å². The van der Waals surface area contributed by atoms with Crippen molar-refractivity contribution in [1.82, 2.24) is 19.9 Å². The topological polar surface area (TPSA) is 185 Å². The van der Waals surface area contributed by atoms with Crippen molar-refractivity contribution in [3.63, 3.8) is 0 Å². The number of ether oxygens (including phenoxy) is 2. The summed E-state index contributed by atoms with van der Waals surface area (Å²) in [6, 6.07) is 48.3. The van der Waals surface area contributed by atoms with Crippen LogP contribution in [0, 0.1) is 0 Å². The van der Waals surface area contributed by atoms with E-state index in [1.807, 2.05) is 146 Å². The first-order valence-corrected chi connectivity index (χ1v) is 20.5. The zero-order valence-corrected chi connectivity index (χ0v) is 35.3. The van der Waals surface area contributed by atoms with Crippen molar-refractivity contribution in [2.75, 3.05) is 0 Å². The van der Waals surface area contributed by atoms with Gasteiger partial charge in [-0.05, 0) is 45.5 Å². The number of nitrogens with one attached hydrogen (secondary N) is 2. The van der Waals surface area contributed by atoms with E-state index in [1.165, 1.54) is 0 Å². The predicted octanol–water partition coefficient (Wildman–Crippen LogP) is 9.92. The molecule has 0 radical (unpaired) electrons. The van der Waals surface area contributed by atoms with Gasteiger partial charge in [0.05, 0.1) is 0 Å². The van der Waals surface area contributed by atoms with Crippen LogP contribution in [-0.2, 0) is 26.1 Å². The maximum absolute atomic E-state index is 12.7. The van der Waals surface area contributed by atoms with Crippen LogP contribution in [0.15, 0.2) is 167 Å². The molecule has 8 aromatic rings. The smallest absolute Gasteiger partial charge is 0.358 e. The summed E-state index contributed by atoms with van der Waals surface area (Å²) in [5.74, 6) is -2.86. The number of aromatic amines is 2. The SMILES string of the molecule is O=C(O)c1nc(Cc2ccccc2-c2ccccc2Cl)[nH]c(=O)c1OCc1ccccc1.O=C(O)c1nc(Cc2ccccc2-c2ccccc2Cl)[nH]c(=O)c1OCc1ccccc1. The molecule has 0 atom stereocenters. The first-order valence-electron chi connectivity index (χ1n) is 19.8. The number of carboxylic acid groups (broad SMARTS) is 2. The van der Waals surface area contributed by atoms with Gasteiger partial charge >= 0.3 is 11.9 Å². The molecule has 14 heteroatoms. The molecule has 0 aliphatic carbocycles. The zero-order valence-electron chi connectivity index (χ0n) is 33.8. The predicted molar refractivity (Wildman–Crippen MR) is 245 cm³/mol. The minimum Gasteiger partial charge on any atom is -0.481 e. The van der Waals surface area contributed by atoms with Gasteiger partial charge in [-0.3, -0.25) is 9.59 Å². The van der Waals surface area contributed by atoms with Gasteiger partial charge in [-0.15, -0.1) is 0 Å². The lowest BCUT2D eigenvalue weighted by Crippen LogP contribution is -2.21. The van der Waals surface area contributed by atoms with Crippen LogP contribution >= 0.6 is 23.2 Å². The molecular weight excluding hydrogens is 855 g/mol. The summed E-state index contributed by atoms with van der Waals surface area (Å²) in [7, 11) is 0. The molecule has 2 heterocycles. The third kappa shape index (κ3) is 11.0. The monoisotopic (exact) mass is 892 g/mol. The molecule has 64 heavy (non-hydrogen) atoms. The molecule has 0 fully saturated rings. The quantitative estimate of drug-likeness (QED) is 0.0819. The summed E-state index contributed by atoms with van der Waals surface area (Å²) in [6.45, 7) is 0.112. The molecule has 0 saturated carbocycles. The Balaban J connectivity index is 0.000000191. The second kappa shape index (κ2) is 20.8. The van der Waals surface area contributed by atoms with Crippen LogP contribution in [0.1, 0.15) is 54.9 Å². The minimum absolute atomic E-state index is 0.0561. The lowest BCUT2D eigenvalue weighted by Gasteiger charge is -2.12. The number of aromatic carboxylic acids is 2. The van der Waals surface area contributed by atoms with Gasteiger partial charge in [-0.2, -0.15) is 0 Å². The molecule has 6 aromatic carbocycles. The summed E-state index contributed by atoms with van der Waals surface area (Å²) < 4.78 is 11.0. The zero-order chi connectivity index (χ0) is 45.0. The number of hydrogen-bond acceptors (Lipinski definition) is 8. The van der Waals surface area contributed by atoms with E-state index in [9.17, 15) is 29.4 Å². The lowest BCUT2D eigenvalue weighted by atomic mass is 9.97. The summed E-state index contributed by atoms with van der Waals surface area (Å²) in [4.78, 5) is 62.7. The Morgan fingerprint density at radius 1 is 0.469 bits per heavy atom. The van der Waals surface area contributed by atoms with E-state index in [1.54, 1.807) is 12.1 Å². The normalized spacial score (nSPS) is 10.7. The van der Waals surface area contributed by atoms with Crippen molar-refractivity contribution in [1.29, 1.82) is 0 Å². The van der Waals surface area contributed by atoms with E-state index in [2.05, 4.69) is 19.9 Å². The van der Waals surface area contributed by atoms with Gasteiger partial charge in [0, 0.05) is 34.0 Å². The van der Waals surface area contributed by atoms with Gasteiger partial charge in [0.25, 0.3) is 11.1 Å². The fourth-order valence-electron chi connectivity index (χ4n) is 6.80. The summed E-state index contributed by atoms with van der Waals surface area (Å²) in [5.41, 5.74) is 4.62. The van der Waals surface area contributed by atoms with Gasteiger partial charge in [0.1, 0.15) is 24.9 Å². The molecule has 320 valence electrons. The highest BCUT2D eigenvalue weighted by Gasteiger charge is 2.22. The molecule has 0 saturated heterocycles. The highest BCUT2D eigenvalue weighted by Crippen LogP contribution is 2.32. The number of halogens is 2. The molecule has 0 spiro atoms. The number of nitrogens with zero attached hydrogens (tertiary/aromatic N) is 2. The lowest BCUT2D eigenvalue weighted by molar-refractivity contribution is 0.0672. The first-order chi connectivity index (χ1) is 31.0. The molecule has 2 aromatic heterocycles. The van der Waals surface area contributed by atoms with E-state index < -0.39 is 34.4 Å². The van der Waals surface area contributed by atoms with Gasteiger partial charge in [0.15, 0.2) is 11.4 Å². The molecule has 0 unspecified atom stereocenters. The van der Waals surface area contributed by atoms with Crippen LogP contribution in [0.5, 0.6) is 11.5 Å². The average molecular weight is 894 g/mol. The van der Waals surface area contributed by atoms with Crippen LogP contribution in [-0.4, -0.2) is 42.1 Å². The fraction of sp³-hybridized carbons (Fsp3) is 0.0800. The van der Waals surface area contributed by atoms with Gasteiger partial charge in [0.2, 0.25) is 11.5 Å². The molecular formula is C50H38Cl2N4O8. The summed E-state index contributed by atoms with van der Waals surface area (Å²) >= 11 is 12.7. The minimum atomic E-state index is -1.33. The van der Waals surface area contributed by atoms with Crippen LogP contribution < -0.4 is 20.6 Å². The summed E-state index contributed by atoms with van der Waals surface area (Å²) in [5, 5.41) is 20.5. The number of carboxylic acids is 2. The standard InChI is InChI=1S/2C25H19ClN2O4/c2*26-20-13-7-6-12-19(20)18-11-5-4-10-17(18)14-21-27-22(25(30)31)23(24(29)28-21)32-15-16-8-2-1-3-9-16/h2*1-13H,14-15H2,(H,30,31)(H,27,28,29). The fourth-order valence-corrected chi connectivity index (χ4v) is 7.27. The van der Waals surface area contributed by atoms with E-state index in [-0.39, 0.29) is 49.2 Å². The third-order valence-electron chi connectivity index (χ3n) is 9.79. The van der Waals surface area contributed by atoms with Crippen molar-refractivity contribution in [2.24, 2.45) is 0 Å². The van der Waals surface area contributed by atoms with Crippen molar-refractivity contribution >= 4 is 35.1 Å². The number of carbonyl (C=O) groups is 2. The van der Waals surface area contributed by atoms with Crippen LogP contribution in [0.3, 0.4) is 0 Å². The van der Waals surface area contributed by atoms with Gasteiger partial charge in [-0.25, -0.2) is 19.6 Å². The Morgan fingerprint density at radius 2 is 0.797 bits per heavy atom. The third-order valence-corrected chi connectivity index (χ3v) is 10.4. The molecule has 0 bridgehead atoms. The van der Waals surface area contributed by atoms with Crippen molar-refractivity contribution in [3.05, 3.63) is 234 Å². The Kier molecular flexibility index (Phi) is 14.4. The molecule has 0 amide bonds. The van der Waals surface area contributed by atoms with Gasteiger partial charge < -0.3 is 29.7 Å². The summed E-state index contributed by atoms with van der Waals surface area (Å²) in [6.07, 6.45) is 0.436. The van der Waals surface area contributed by atoms with Crippen LogP contribution in [0.4, 0.5) is 0 Å². The molecule has 4 N–H and O–H groups in total. The molecule has 12 nitrogen and oxygen atoms in total. The number of benzene rings is 6. The number of H-pyrrole nitrogens is 2. The van der Waals surface area contributed by atoms with E-state index in [0.717, 1.165) is 44.5 Å². The average Bonchev–Trinajstić information content (AvgIpc) is 3.30. The Morgan fingerprint density at radius 3 is 1.16 bits per heavy atom. The Bertz CT molecular complexity index is 2840. The van der Waals surface area contributed by atoms with Crippen LogP contribution in [0.2, 0.25) is 10.0 Å².